The molecule has 0 unspecified atom stereocenters. The normalized spacial score (nSPS) is 11.0. The van der Waals surface area contributed by atoms with Crippen LogP contribution in [0.3, 0.4) is 0 Å². The average Bonchev–Trinajstić information content (AvgIpc) is 2.46. The standard InChI is InChI=1S/C17H26N2O3/c1-12(2)6-9-19(10-7-13(3)4)16(20)14-5-8-18-15(11-14)17(21)22/h5,8,11-13H,6-7,9-10H2,1-4H3,(H,21,22). The largest absolute Gasteiger partial charge is 0.477 e. The molecule has 1 rings (SSSR count). The second kappa shape index (κ2) is 8.51. The van der Waals surface area contributed by atoms with Gasteiger partial charge in [0.1, 0.15) is 5.69 Å². The van der Waals surface area contributed by atoms with Crippen LogP contribution in [0.1, 0.15) is 61.4 Å². The molecule has 1 N–H and O–H groups in total. The highest BCUT2D eigenvalue weighted by Gasteiger charge is 2.18. The van der Waals surface area contributed by atoms with Crippen molar-refractivity contribution in [2.24, 2.45) is 11.8 Å². The van der Waals surface area contributed by atoms with Crippen LogP contribution in [0.2, 0.25) is 0 Å². The highest BCUT2D eigenvalue weighted by molar-refractivity contribution is 5.96. The maximum atomic E-state index is 12.6. The average molecular weight is 306 g/mol. The molecule has 0 fully saturated rings. The summed E-state index contributed by atoms with van der Waals surface area (Å²) in [5.41, 5.74) is 0.290. The highest BCUT2D eigenvalue weighted by Crippen LogP contribution is 2.12. The molecule has 0 spiro atoms. The van der Waals surface area contributed by atoms with Crippen LogP contribution in [0, 0.1) is 11.8 Å². The zero-order chi connectivity index (χ0) is 16.7. The van der Waals surface area contributed by atoms with Crippen molar-refractivity contribution in [2.45, 2.75) is 40.5 Å². The molecular formula is C17H26N2O3. The van der Waals surface area contributed by atoms with Crippen LogP contribution < -0.4 is 0 Å². The van der Waals surface area contributed by atoms with Crippen molar-refractivity contribution in [1.82, 2.24) is 9.88 Å². The van der Waals surface area contributed by atoms with E-state index in [9.17, 15) is 9.59 Å². The van der Waals surface area contributed by atoms with Gasteiger partial charge in [-0.2, -0.15) is 0 Å². The lowest BCUT2D eigenvalue weighted by atomic mass is 10.1. The fourth-order valence-corrected chi connectivity index (χ4v) is 2.01. The Kier molecular flexibility index (Phi) is 7.02. The molecule has 0 saturated heterocycles. The number of carbonyl (C=O) groups excluding carboxylic acids is 1. The quantitative estimate of drug-likeness (QED) is 0.800. The molecule has 0 radical (unpaired) electrons. The second-order valence-electron chi connectivity index (χ2n) is 6.39. The Morgan fingerprint density at radius 3 is 2.14 bits per heavy atom. The van der Waals surface area contributed by atoms with E-state index in [0.717, 1.165) is 12.8 Å². The third kappa shape index (κ3) is 5.84. The number of carboxylic acids is 1. The predicted molar refractivity (Wildman–Crippen MR) is 86.0 cm³/mol. The molecular weight excluding hydrogens is 280 g/mol. The third-order valence-corrected chi connectivity index (χ3v) is 3.47. The summed E-state index contributed by atoms with van der Waals surface area (Å²) in [5, 5.41) is 8.99. The Morgan fingerprint density at radius 2 is 1.68 bits per heavy atom. The van der Waals surface area contributed by atoms with Gasteiger partial charge < -0.3 is 10.0 Å². The number of carboxylic acid groups (broad SMARTS) is 1. The maximum Gasteiger partial charge on any atom is 0.354 e. The molecule has 122 valence electrons. The Morgan fingerprint density at radius 1 is 1.14 bits per heavy atom. The zero-order valence-corrected chi connectivity index (χ0v) is 13.9. The molecule has 0 aromatic carbocycles. The van der Waals surface area contributed by atoms with Crippen molar-refractivity contribution < 1.29 is 14.7 Å². The van der Waals surface area contributed by atoms with Gasteiger partial charge >= 0.3 is 5.97 Å². The van der Waals surface area contributed by atoms with Crippen molar-refractivity contribution in [3.63, 3.8) is 0 Å². The number of aromatic nitrogens is 1. The molecule has 0 aliphatic carbocycles. The van der Waals surface area contributed by atoms with Gasteiger partial charge in [0.05, 0.1) is 0 Å². The minimum Gasteiger partial charge on any atom is -0.477 e. The topological polar surface area (TPSA) is 70.5 Å². The molecule has 1 aromatic heterocycles. The maximum absolute atomic E-state index is 12.6. The number of hydrogen-bond acceptors (Lipinski definition) is 3. The Balaban J connectivity index is 2.89. The summed E-state index contributed by atoms with van der Waals surface area (Å²) in [5.74, 6) is -0.209. The number of hydrogen-bond donors (Lipinski definition) is 1. The smallest absolute Gasteiger partial charge is 0.354 e. The van der Waals surface area contributed by atoms with Crippen molar-refractivity contribution in [2.75, 3.05) is 13.1 Å². The van der Waals surface area contributed by atoms with Gasteiger partial charge in [0, 0.05) is 24.8 Å². The molecule has 5 nitrogen and oxygen atoms in total. The van der Waals surface area contributed by atoms with E-state index in [1.54, 1.807) is 6.07 Å². The summed E-state index contributed by atoms with van der Waals surface area (Å²) < 4.78 is 0. The van der Waals surface area contributed by atoms with Crippen LogP contribution in [-0.2, 0) is 0 Å². The first-order valence-corrected chi connectivity index (χ1v) is 7.79. The molecule has 22 heavy (non-hydrogen) atoms. The number of aromatic carboxylic acids is 1. The summed E-state index contributed by atoms with van der Waals surface area (Å²) in [4.78, 5) is 29.2. The van der Waals surface area contributed by atoms with Gasteiger partial charge in [0.15, 0.2) is 0 Å². The van der Waals surface area contributed by atoms with E-state index in [2.05, 4.69) is 32.7 Å². The third-order valence-electron chi connectivity index (χ3n) is 3.47. The molecule has 1 heterocycles. The lowest BCUT2D eigenvalue weighted by Crippen LogP contribution is -2.34. The van der Waals surface area contributed by atoms with Crippen LogP contribution >= 0.6 is 0 Å². The zero-order valence-electron chi connectivity index (χ0n) is 13.9. The minimum atomic E-state index is -1.12. The van der Waals surface area contributed by atoms with Crippen LogP contribution in [0.15, 0.2) is 18.3 Å². The van der Waals surface area contributed by atoms with Gasteiger partial charge in [-0.25, -0.2) is 9.78 Å². The molecule has 1 aromatic rings. The lowest BCUT2D eigenvalue weighted by molar-refractivity contribution is 0.0690. The first kappa shape index (κ1) is 18.1. The van der Waals surface area contributed by atoms with Crippen LogP contribution in [0.25, 0.3) is 0 Å². The van der Waals surface area contributed by atoms with Crippen LogP contribution in [-0.4, -0.2) is 40.0 Å². The van der Waals surface area contributed by atoms with Gasteiger partial charge in [0.2, 0.25) is 0 Å². The van der Waals surface area contributed by atoms with E-state index in [-0.39, 0.29) is 11.6 Å². The second-order valence-corrected chi connectivity index (χ2v) is 6.39. The fourth-order valence-electron chi connectivity index (χ4n) is 2.01. The number of nitrogens with zero attached hydrogens (tertiary/aromatic N) is 2. The van der Waals surface area contributed by atoms with E-state index >= 15 is 0 Å². The number of amides is 1. The van der Waals surface area contributed by atoms with Gasteiger partial charge in [-0.05, 0) is 36.8 Å². The van der Waals surface area contributed by atoms with Gasteiger partial charge in [-0.15, -0.1) is 0 Å². The number of pyridine rings is 1. The van der Waals surface area contributed by atoms with Crippen molar-refractivity contribution in [3.8, 4) is 0 Å². The highest BCUT2D eigenvalue weighted by atomic mass is 16.4. The van der Waals surface area contributed by atoms with Crippen LogP contribution in [0.5, 0.6) is 0 Å². The van der Waals surface area contributed by atoms with E-state index in [1.165, 1.54) is 12.3 Å². The molecule has 1 amide bonds. The van der Waals surface area contributed by atoms with Crippen molar-refractivity contribution in [1.29, 1.82) is 0 Å². The van der Waals surface area contributed by atoms with E-state index in [1.807, 2.05) is 4.90 Å². The van der Waals surface area contributed by atoms with Gasteiger partial charge in [-0.1, -0.05) is 27.7 Å². The molecule has 0 saturated carbocycles. The van der Waals surface area contributed by atoms with E-state index in [0.29, 0.717) is 30.5 Å². The first-order chi connectivity index (χ1) is 10.3. The summed E-state index contributed by atoms with van der Waals surface area (Å²) in [7, 11) is 0. The van der Waals surface area contributed by atoms with Gasteiger partial charge in [-0.3, -0.25) is 4.79 Å². The Labute approximate surface area is 132 Å². The van der Waals surface area contributed by atoms with Crippen LogP contribution in [0.4, 0.5) is 0 Å². The fraction of sp³-hybridized carbons (Fsp3) is 0.588. The first-order valence-electron chi connectivity index (χ1n) is 7.79. The monoisotopic (exact) mass is 306 g/mol. The Hall–Kier alpha value is -1.91. The minimum absolute atomic E-state index is 0.0986. The SMILES string of the molecule is CC(C)CCN(CCC(C)C)C(=O)c1ccnc(C(=O)O)c1. The van der Waals surface area contributed by atoms with E-state index in [4.69, 9.17) is 5.11 Å². The van der Waals surface area contributed by atoms with E-state index < -0.39 is 5.97 Å². The summed E-state index contributed by atoms with van der Waals surface area (Å²) in [6.07, 6.45) is 3.24. The summed E-state index contributed by atoms with van der Waals surface area (Å²) >= 11 is 0. The number of rotatable bonds is 8. The summed E-state index contributed by atoms with van der Waals surface area (Å²) in [6.45, 7) is 9.88. The number of carbonyl (C=O) groups is 2. The molecule has 0 bridgehead atoms. The predicted octanol–water partition coefficient (Wildman–Crippen LogP) is 3.31. The van der Waals surface area contributed by atoms with Crippen molar-refractivity contribution >= 4 is 11.9 Å². The molecule has 5 heteroatoms. The van der Waals surface area contributed by atoms with Crippen molar-refractivity contribution in [3.05, 3.63) is 29.6 Å². The molecule has 0 aliphatic heterocycles. The molecule has 0 atom stereocenters. The Bertz CT molecular complexity index is 500. The van der Waals surface area contributed by atoms with Gasteiger partial charge in [0.25, 0.3) is 5.91 Å². The summed E-state index contributed by atoms with van der Waals surface area (Å²) in [6, 6.07) is 2.93. The molecule has 0 aliphatic rings. The lowest BCUT2D eigenvalue weighted by Gasteiger charge is -2.24.